The summed E-state index contributed by atoms with van der Waals surface area (Å²) in [5, 5.41) is 0.721. The number of hydrogen-bond acceptors (Lipinski definition) is 6. The third kappa shape index (κ3) is 2.51. The zero-order valence-electron chi connectivity index (χ0n) is 8.73. The molecule has 0 saturated heterocycles. The van der Waals surface area contributed by atoms with Crippen molar-refractivity contribution in [2.24, 2.45) is 0 Å². The van der Waals surface area contributed by atoms with Gasteiger partial charge < -0.3 is 9.11 Å². The van der Waals surface area contributed by atoms with Gasteiger partial charge >= 0.3 is 0 Å². The molecule has 0 aliphatic rings. The summed E-state index contributed by atoms with van der Waals surface area (Å²) in [5.41, 5.74) is 0. The maximum Gasteiger partial charge on any atom is 0.124 e. The normalized spacial score (nSPS) is 12.8. The van der Waals surface area contributed by atoms with Crippen molar-refractivity contribution >= 4 is 31.0 Å². The minimum absolute atomic E-state index is 0.198. The van der Waals surface area contributed by atoms with Crippen molar-refractivity contribution in [3.8, 4) is 0 Å². The summed E-state index contributed by atoms with van der Waals surface area (Å²) in [7, 11) is -9.24. The second-order valence-corrected chi connectivity index (χ2v) is 6.34. The van der Waals surface area contributed by atoms with Crippen molar-refractivity contribution < 1.29 is 25.9 Å². The summed E-state index contributed by atoms with van der Waals surface area (Å²) in [5.74, 6) is 0. The van der Waals surface area contributed by atoms with Crippen LogP contribution >= 0.6 is 0 Å². The maximum absolute atomic E-state index is 10.8. The molecular weight excluding hydrogens is 280 g/mol. The second-order valence-electron chi connectivity index (χ2n) is 3.58. The Bertz CT molecular complexity index is 754. The standard InChI is InChI=1S/C10H8O6S2/c11-17(12,13)9-3-1-7-2-4-10(18(14,15)16)6-8(7)5-9/h1-6H,(H,11,12,13)(H,14,15,16)/p-2. The van der Waals surface area contributed by atoms with E-state index in [1.54, 1.807) is 0 Å². The van der Waals surface area contributed by atoms with Gasteiger partial charge in [0.25, 0.3) is 0 Å². The smallest absolute Gasteiger partial charge is 0.124 e. The Balaban J connectivity index is 2.76. The van der Waals surface area contributed by atoms with Crippen LogP contribution in [0.4, 0.5) is 0 Å². The van der Waals surface area contributed by atoms with E-state index in [-0.39, 0.29) is 5.39 Å². The van der Waals surface area contributed by atoms with Gasteiger partial charge in [0.1, 0.15) is 20.2 Å². The van der Waals surface area contributed by atoms with Gasteiger partial charge in [0.2, 0.25) is 0 Å². The molecule has 0 atom stereocenters. The molecule has 96 valence electrons. The Hall–Kier alpha value is -1.48. The van der Waals surface area contributed by atoms with Gasteiger partial charge in [0, 0.05) is 0 Å². The Morgan fingerprint density at radius 2 is 1.06 bits per heavy atom. The van der Waals surface area contributed by atoms with E-state index < -0.39 is 30.0 Å². The molecule has 0 saturated carbocycles. The number of fused-ring (bicyclic) bond motifs is 1. The third-order valence-electron chi connectivity index (χ3n) is 2.36. The summed E-state index contributed by atoms with van der Waals surface area (Å²) in [6, 6.07) is 7.04. The van der Waals surface area contributed by atoms with Gasteiger partial charge in [-0.1, -0.05) is 12.1 Å². The van der Waals surface area contributed by atoms with Crippen molar-refractivity contribution in [2.45, 2.75) is 9.79 Å². The molecule has 8 heteroatoms. The molecule has 0 aliphatic heterocycles. The van der Waals surface area contributed by atoms with Gasteiger partial charge in [0.05, 0.1) is 9.79 Å². The van der Waals surface area contributed by atoms with E-state index in [2.05, 4.69) is 0 Å². The summed E-state index contributed by atoms with van der Waals surface area (Å²) in [6.45, 7) is 0. The lowest BCUT2D eigenvalue weighted by atomic mass is 10.1. The minimum Gasteiger partial charge on any atom is -0.744 e. The predicted molar refractivity (Wildman–Crippen MR) is 59.9 cm³/mol. The lowest BCUT2D eigenvalue weighted by Gasteiger charge is -2.10. The van der Waals surface area contributed by atoms with Crippen LogP contribution in [0, 0.1) is 0 Å². The molecule has 0 heterocycles. The van der Waals surface area contributed by atoms with Gasteiger partial charge in [-0.2, -0.15) is 0 Å². The molecule has 2 aromatic carbocycles. The molecular formula is C10H6O6S2-2. The van der Waals surface area contributed by atoms with E-state index in [1.807, 2.05) is 0 Å². The van der Waals surface area contributed by atoms with Crippen LogP contribution in [0.5, 0.6) is 0 Å². The molecule has 0 aliphatic carbocycles. The maximum atomic E-state index is 10.8. The van der Waals surface area contributed by atoms with Crippen LogP contribution in [0.2, 0.25) is 0 Å². The van der Waals surface area contributed by atoms with Crippen molar-refractivity contribution in [3.63, 3.8) is 0 Å². The molecule has 0 spiro atoms. The van der Waals surface area contributed by atoms with Crippen LogP contribution < -0.4 is 0 Å². The first-order valence-electron chi connectivity index (χ1n) is 4.63. The van der Waals surface area contributed by atoms with Crippen LogP contribution in [0.3, 0.4) is 0 Å². The predicted octanol–water partition coefficient (Wildman–Crippen LogP) is 0.648. The van der Waals surface area contributed by atoms with Crippen molar-refractivity contribution in [1.29, 1.82) is 0 Å². The van der Waals surface area contributed by atoms with Gasteiger partial charge in [-0.15, -0.1) is 0 Å². The Kier molecular flexibility index (Phi) is 2.90. The van der Waals surface area contributed by atoms with Crippen LogP contribution in [-0.2, 0) is 20.2 Å². The molecule has 18 heavy (non-hydrogen) atoms. The first-order valence-corrected chi connectivity index (χ1v) is 7.45. The molecule has 0 aromatic heterocycles. The Morgan fingerprint density at radius 1 is 0.667 bits per heavy atom. The van der Waals surface area contributed by atoms with Gasteiger partial charge in [-0.25, -0.2) is 16.8 Å². The molecule has 0 unspecified atom stereocenters. The lowest BCUT2D eigenvalue weighted by molar-refractivity contribution is 0.461. The minimum atomic E-state index is -4.62. The molecule has 0 bridgehead atoms. The fourth-order valence-electron chi connectivity index (χ4n) is 1.51. The van der Waals surface area contributed by atoms with E-state index in [1.165, 1.54) is 12.1 Å². The molecule has 0 N–H and O–H groups in total. The van der Waals surface area contributed by atoms with E-state index in [4.69, 9.17) is 0 Å². The Morgan fingerprint density at radius 3 is 1.39 bits per heavy atom. The third-order valence-corrected chi connectivity index (χ3v) is 4.02. The zero-order valence-corrected chi connectivity index (χ0v) is 10.4. The highest BCUT2D eigenvalue weighted by Crippen LogP contribution is 2.22. The van der Waals surface area contributed by atoms with Crippen LogP contribution in [0.25, 0.3) is 10.8 Å². The number of benzene rings is 2. The average molecular weight is 286 g/mol. The summed E-state index contributed by atoms with van der Waals surface area (Å²) < 4.78 is 64.9. The quantitative estimate of drug-likeness (QED) is 0.748. The van der Waals surface area contributed by atoms with Crippen molar-refractivity contribution in [2.75, 3.05) is 0 Å². The molecule has 0 radical (unpaired) electrons. The average Bonchev–Trinajstić information content (AvgIpc) is 2.25. The summed E-state index contributed by atoms with van der Waals surface area (Å²) in [4.78, 5) is -0.953. The van der Waals surface area contributed by atoms with Crippen LogP contribution in [-0.4, -0.2) is 25.9 Å². The van der Waals surface area contributed by atoms with Crippen LogP contribution in [0.1, 0.15) is 0 Å². The highest BCUT2D eigenvalue weighted by Gasteiger charge is 2.06. The lowest BCUT2D eigenvalue weighted by Crippen LogP contribution is -2.00. The zero-order chi connectivity index (χ0) is 13.6. The van der Waals surface area contributed by atoms with E-state index in [0.29, 0.717) is 5.39 Å². The topological polar surface area (TPSA) is 114 Å². The van der Waals surface area contributed by atoms with Gasteiger partial charge in [0.15, 0.2) is 0 Å². The highest BCUT2D eigenvalue weighted by atomic mass is 32.2. The molecule has 6 nitrogen and oxygen atoms in total. The van der Waals surface area contributed by atoms with E-state index >= 15 is 0 Å². The summed E-state index contributed by atoms with van der Waals surface area (Å²) >= 11 is 0. The first kappa shape index (κ1) is 13.0. The van der Waals surface area contributed by atoms with Crippen molar-refractivity contribution in [3.05, 3.63) is 36.4 Å². The van der Waals surface area contributed by atoms with E-state index in [9.17, 15) is 25.9 Å². The van der Waals surface area contributed by atoms with Gasteiger partial charge in [-0.05, 0) is 35.0 Å². The molecule has 2 aromatic rings. The van der Waals surface area contributed by atoms with Gasteiger partial charge in [-0.3, -0.25) is 0 Å². The Labute approximate surface area is 103 Å². The molecule has 0 amide bonds. The second kappa shape index (κ2) is 4.02. The highest BCUT2D eigenvalue weighted by molar-refractivity contribution is 7.86. The first-order chi connectivity index (χ1) is 8.18. The number of hydrogen-bond donors (Lipinski definition) is 0. The molecule has 2 rings (SSSR count). The fourth-order valence-corrected chi connectivity index (χ4v) is 2.53. The fraction of sp³-hybridized carbons (Fsp3) is 0. The van der Waals surface area contributed by atoms with E-state index in [0.717, 1.165) is 24.3 Å². The van der Waals surface area contributed by atoms with Crippen LogP contribution in [0.15, 0.2) is 46.2 Å². The number of rotatable bonds is 2. The summed E-state index contributed by atoms with van der Waals surface area (Å²) in [6.07, 6.45) is 0. The van der Waals surface area contributed by atoms with Crippen molar-refractivity contribution in [1.82, 2.24) is 0 Å². The largest absolute Gasteiger partial charge is 0.744 e. The monoisotopic (exact) mass is 286 g/mol. The SMILES string of the molecule is O=S(=O)([O-])c1ccc2ccc(S(=O)(=O)[O-])cc2c1. The molecule has 0 fully saturated rings.